The van der Waals surface area contributed by atoms with Gasteiger partial charge in [0, 0.05) is 6.54 Å². The molecule has 1 unspecified atom stereocenters. The monoisotopic (exact) mass is 200 g/mol. The van der Waals surface area contributed by atoms with E-state index < -0.39 is 12.1 Å². The minimum atomic E-state index is -0.469. The second-order valence-corrected chi connectivity index (χ2v) is 4.09. The highest BCUT2D eigenvalue weighted by atomic mass is 16.2. The largest absolute Gasteiger partial charge is 0.325 e. The fraction of sp³-hybridized carbons (Fsp3) is 0.750. The number of hydrazine groups is 1. The van der Waals surface area contributed by atoms with E-state index in [1.807, 2.05) is 13.8 Å². The number of hydrogen-bond acceptors (Lipinski definition) is 4. The second-order valence-electron chi connectivity index (χ2n) is 4.09. The molecule has 1 aliphatic rings. The van der Waals surface area contributed by atoms with Crippen LogP contribution in [0.3, 0.4) is 0 Å². The number of rotatable bonds is 4. The minimum absolute atomic E-state index is 0.267. The van der Waals surface area contributed by atoms with Gasteiger partial charge in [-0.05, 0) is 11.8 Å². The quantitative estimate of drug-likeness (QED) is 0.268. The molecule has 0 aromatic heterocycles. The van der Waals surface area contributed by atoms with Gasteiger partial charge in [0.2, 0.25) is 0 Å². The van der Waals surface area contributed by atoms with Crippen molar-refractivity contribution in [3.8, 4) is 0 Å². The Kier molecular flexibility index (Phi) is 3.07. The maximum Gasteiger partial charge on any atom is 0.322 e. The van der Waals surface area contributed by atoms with Gasteiger partial charge in [-0.15, -0.1) is 0 Å². The lowest BCUT2D eigenvalue weighted by atomic mass is 9.81. The molecule has 0 spiro atoms. The maximum absolute atomic E-state index is 11.3. The van der Waals surface area contributed by atoms with Crippen molar-refractivity contribution in [3.63, 3.8) is 0 Å². The Bertz CT molecular complexity index is 252. The van der Waals surface area contributed by atoms with Gasteiger partial charge in [-0.1, -0.05) is 13.8 Å². The summed E-state index contributed by atoms with van der Waals surface area (Å²) in [7, 11) is 0. The number of amides is 3. The van der Waals surface area contributed by atoms with Gasteiger partial charge >= 0.3 is 6.03 Å². The van der Waals surface area contributed by atoms with Crippen molar-refractivity contribution in [1.82, 2.24) is 16.1 Å². The zero-order chi connectivity index (χ0) is 10.8. The average molecular weight is 200 g/mol. The molecule has 5 N–H and O–H groups in total. The van der Waals surface area contributed by atoms with E-state index >= 15 is 0 Å². The first-order valence-electron chi connectivity index (χ1n) is 4.52. The summed E-state index contributed by atoms with van der Waals surface area (Å²) in [5.74, 6) is 4.89. The fourth-order valence-electron chi connectivity index (χ4n) is 1.51. The van der Waals surface area contributed by atoms with Crippen LogP contribution in [-0.4, -0.2) is 24.5 Å². The fourth-order valence-corrected chi connectivity index (χ4v) is 1.51. The zero-order valence-electron chi connectivity index (χ0n) is 8.39. The summed E-state index contributed by atoms with van der Waals surface area (Å²) < 4.78 is 0. The van der Waals surface area contributed by atoms with Crippen molar-refractivity contribution < 1.29 is 9.59 Å². The van der Waals surface area contributed by atoms with Crippen LogP contribution in [0.4, 0.5) is 4.79 Å². The van der Waals surface area contributed by atoms with E-state index in [9.17, 15) is 9.59 Å². The van der Waals surface area contributed by atoms with Gasteiger partial charge in [0.1, 0.15) is 6.04 Å². The summed E-state index contributed by atoms with van der Waals surface area (Å²) in [5.41, 5.74) is 2.23. The molecule has 1 fully saturated rings. The highest BCUT2D eigenvalue weighted by Gasteiger charge is 2.40. The summed E-state index contributed by atoms with van der Waals surface area (Å²) in [4.78, 5) is 22.2. The van der Waals surface area contributed by atoms with Crippen molar-refractivity contribution >= 4 is 11.9 Å². The maximum atomic E-state index is 11.3. The Balaban J connectivity index is 2.62. The molecule has 0 aromatic carbocycles. The standard InChI is InChI=1S/C8H16N4O2/c1-8(2,3-4-10-9)5-6(13)12-7(14)11-5/h5,10H,3-4,9H2,1-2H3,(H2,11,12,13,14). The molecule has 14 heavy (non-hydrogen) atoms. The topological polar surface area (TPSA) is 96.2 Å². The van der Waals surface area contributed by atoms with Crippen LogP contribution in [0.2, 0.25) is 0 Å². The van der Waals surface area contributed by atoms with Gasteiger partial charge in [0.05, 0.1) is 0 Å². The molecule has 0 saturated carbocycles. The highest BCUT2D eigenvalue weighted by molar-refractivity contribution is 6.04. The molecule has 0 radical (unpaired) electrons. The lowest BCUT2D eigenvalue weighted by Crippen LogP contribution is -2.44. The Morgan fingerprint density at radius 1 is 1.50 bits per heavy atom. The molecular formula is C8H16N4O2. The van der Waals surface area contributed by atoms with Gasteiger partial charge in [-0.2, -0.15) is 0 Å². The van der Waals surface area contributed by atoms with Gasteiger partial charge < -0.3 is 5.32 Å². The van der Waals surface area contributed by atoms with Crippen LogP contribution in [-0.2, 0) is 4.79 Å². The Labute approximate surface area is 82.6 Å². The first-order valence-corrected chi connectivity index (χ1v) is 4.52. The molecular weight excluding hydrogens is 184 g/mol. The minimum Gasteiger partial charge on any atom is -0.325 e. The summed E-state index contributed by atoms with van der Waals surface area (Å²) in [6.45, 7) is 4.44. The molecule has 6 heteroatoms. The van der Waals surface area contributed by atoms with Gasteiger partial charge in [-0.25, -0.2) is 4.79 Å². The van der Waals surface area contributed by atoms with Crippen LogP contribution < -0.4 is 21.9 Å². The first-order chi connectivity index (χ1) is 6.47. The predicted molar refractivity (Wildman–Crippen MR) is 51.1 cm³/mol. The third kappa shape index (κ3) is 2.21. The van der Waals surface area contributed by atoms with Crippen LogP contribution in [0.5, 0.6) is 0 Å². The number of carbonyl (C=O) groups excluding carboxylic acids is 2. The van der Waals surface area contributed by atoms with Crippen LogP contribution in [0.25, 0.3) is 0 Å². The molecule has 1 rings (SSSR count). The number of hydrogen-bond donors (Lipinski definition) is 4. The third-order valence-electron chi connectivity index (χ3n) is 2.47. The molecule has 0 bridgehead atoms. The lowest BCUT2D eigenvalue weighted by molar-refractivity contribution is -0.122. The number of nitrogens with one attached hydrogen (secondary N) is 3. The molecule has 6 nitrogen and oxygen atoms in total. The van der Waals surface area contributed by atoms with E-state index in [0.717, 1.165) is 0 Å². The third-order valence-corrected chi connectivity index (χ3v) is 2.47. The highest BCUT2D eigenvalue weighted by Crippen LogP contribution is 2.26. The normalized spacial score (nSPS) is 22.1. The molecule has 1 heterocycles. The zero-order valence-corrected chi connectivity index (χ0v) is 8.39. The van der Waals surface area contributed by atoms with E-state index in [0.29, 0.717) is 13.0 Å². The molecule has 1 aliphatic heterocycles. The summed E-state index contributed by atoms with van der Waals surface area (Å²) in [5, 5.41) is 4.79. The van der Waals surface area contributed by atoms with E-state index in [1.54, 1.807) is 0 Å². The Hall–Kier alpha value is -1.14. The van der Waals surface area contributed by atoms with Crippen molar-refractivity contribution in [2.45, 2.75) is 26.3 Å². The number of urea groups is 1. The van der Waals surface area contributed by atoms with Gasteiger partial charge in [-0.3, -0.25) is 21.4 Å². The summed E-state index contributed by atoms with van der Waals surface area (Å²) >= 11 is 0. The lowest BCUT2D eigenvalue weighted by Gasteiger charge is -2.28. The predicted octanol–water partition coefficient (Wildman–Crippen LogP) is -0.926. The second kappa shape index (κ2) is 3.93. The molecule has 80 valence electrons. The Morgan fingerprint density at radius 3 is 2.57 bits per heavy atom. The van der Waals surface area contributed by atoms with E-state index in [2.05, 4.69) is 16.1 Å². The summed E-state index contributed by atoms with van der Waals surface area (Å²) in [6.07, 6.45) is 0.710. The first kappa shape index (κ1) is 10.9. The van der Waals surface area contributed by atoms with Crippen molar-refractivity contribution in [3.05, 3.63) is 0 Å². The molecule has 1 atom stereocenters. The Morgan fingerprint density at radius 2 is 2.14 bits per heavy atom. The van der Waals surface area contributed by atoms with E-state index in [4.69, 9.17) is 5.84 Å². The average Bonchev–Trinajstić information content (AvgIpc) is 2.42. The number of imide groups is 1. The van der Waals surface area contributed by atoms with E-state index in [-0.39, 0.29) is 11.3 Å². The number of nitrogens with two attached hydrogens (primary N) is 1. The van der Waals surface area contributed by atoms with Crippen LogP contribution in [0, 0.1) is 5.41 Å². The van der Waals surface area contributed by atoms with Crippen molar-refractivity contribution in [2.24, 2.45) is 11.3 Å². The number of carbonyl (C=O) groups is 2. The van der Waals surface area contributed by atoms with Gasteiger partial charge in [0.25, 0.3) is 5.91 Å². The molecule has 1 saturated heterocycles. The van der Waals surface area contributed by atoms with Crippen LogP contribution in [0.1, 0.15) is 20.3 Å². The molecule has 0 aromatic rings. The SMILES string of the molecule is CC(C)(CCNN)C1NC(=O)NC1=O. The van der Waals surface area contributed by atoms with Crippen molar-refractivity contribution in [1.29, 1.82) is 0 Å². The molecule has 3 amide bonds. The van der Waals surface area contributed by atoms with Crippen LogP contribution >= 0.6 is 0 Å². The van der Waals surface area contributed by atoms with Crippen molar-refractivity contribution in [2.75, 3.05) is 6.54 Å². The van der Waals surface area contributed by atoms with E-state index in [1.165, 1.54) is 0 Å². The van der Waals surface area contributed by atoms with Gasteiger partial charge in [0.15, 0.2) is 0 Å². The smallest absolute Gasteiger partial charge is 0.322 e. The molecule has 0 aliphatic carbocycles. The van der Waals surface area contributed by atoms with Crippen LogP contribution in [0.15, 0.2) is 0 Å². The summed E-state index contributed by atoms with van der Waals surface area (Å²) in [6, 6.07) is -0.892.